The number of allylic oxidation sites excluding steroid dienone is 1. The second-order valence-corrected chi connectivity index (χ2v) is 7.36. The lowest BCUT2D eigenvalue weighted by molar-refractivity contribution is 0.303. The predicted molar refractivity (Wildman–Crippen MR) is 104 cm³/mol. The van der Waals surface area contributed by atoms with Gasteiger partial charge in [-0.3, -0.25) is 0 Å². The van der Waals surface area contributed by atoms with Gasteiger partial charge in [0.1, 0.15) is 12.4 Å². The highest BCUT2D eigenvalue weighted by atomic mass is 19.2. The van der Waals surface area contributed by atoms with Crippen molar-refractivity contribution in [2.24, 2.45) is 5.92 Å². The molecule has 0 N–H and O–H groups in total. The van der Waals surface area contributed by atoms with Crippen molar-refractivity contribution in [3.8, 4) is 5.75 Å². The summed E-state index contributed by atoms with van der Waals surface area (Å²) in [6, 6.07) is 7.09. The third kappa shape index (κ3) is 4.08. The molecule has 0 aliphatic heterocycles. The van der Waals surface area contributed by atoms with E-state index in [1.54, 1.807) is 6.07 Å². The first-order valence-corrected chi connectivity index (χ1v) is 9.79. The van der Waals surface area contributed by atoms with E-state index in [-0.39, 0.29) is 5.92 Å². The van der Waals surface area contributed by atoms with Crippen molar-refractivity contribution in [1.82, 2.24) is 0 Å². The van der Waals surface area contributed by atoms with Crippen LogP contribution >= 0.6 is 0 Å². The Labute approximate surface area is 155 Å². The van der Waals surface area contributed by atoms with Crippen LogP contribution < -0.4 is 4.74 Å². The molecule has 0 heterocycles. The van der Waals surface area contributed by atoms with E-state index in [0.717, 1.165) is 37.0 Å². The molecular formula is C23H28F2O. The number of rotatable bonds is 6. The molecule has 1 fully saturated rings. The minimum Gasteiger partial charge on any atom is -0.490 e. The molecule has 0 atom stereocenters. The number of halogens is 2. The molecule has 3 heteroatoms. The summed E-state index contributed by atoms with van der Waals surface area (Å²) < 4.78 is 35.1. The molecule has 140 valence electrons. The number of fused-ring (bicyclic) bond motifs is 1. The minimum absolute atomic E-state index is 0.132. The van der Waals surface area contributed by atoms with Crippen LogP contribution in [0.3, 0.4) is 0 Å². The molecule has 2 aromatic carbocycles. The maximum atomic E-state index is 14.8. The molecule has 0 aromatic heterocycles. The van der Waals surface area contributed by atoms with E-state index in [1.165, 1.54) is 12.8 Å². The molecule has 0 unspecified atom stereocenters. The van der Waals surface area contributed by atoms with Crippen LogP contribution in [0.5, 0.6) is 5.75 Å². The van der Waals surface area contributed by atoms with E-state index >= 15 is 0 Å². The van der Waals surface area contributed by atoms with E-state index < -0.39 is 11.6 Å². The lowest BCUT2D eigenvalue weighted by atomic mass is 9.77. The highest BCUT2D eigenvalue weighted by Crippen LogP contribution is 2.40. The first-order valence-electron chi connectivity index (χ1n) is 9.79. The number of hydrogen-bond acceptors (Lipinski definition) is 1. The Balaban J connectivity index is 1.84. The number of hydrogen-bond donors (Lipinski definition) is 0. The van der Waals surface area contributed by atoms with Crippen molar-refractivity contribution < 1.29 is 13.5 Å². The fourth-order valence-electron chi connectivity index (χ4n) is 4.12. The van der Waals surface area contributed by atoms with Gasteiger partial charge >= 0.3 is 0 Å². The highest BCUT2D eigenvalue weighted by molar-refractivity contribution is 5.85. The average Bonchev–Trinajstić information content (AvgIpc) is 2.66. The van der Waals surface area contributed by atoms with E-state index in [9.17, 15) is 8.78 Å². The van der Waals surface area contributed by atoms with Crippen molar-refractivity contribution in [3.05, 3.63) is 53.6 Å². The second kappa shape index (κ2) is 8.66. The third-order valence-electron chi connectivity index (χ3n) is 5.58. The molecule has 3 rings (SSSR count). The zero-order chi connectivity index (χ0) is 18.5. The van der Waals surface area contributed by atoms with Gasteiger partial charge in [0.2, 0.25) is 0 Å². The smallest absolute Gasteiger partial charge is 0.167 e. The fraction of sp³-hybridized carbons (Fsp3) is 0.478. The molecule has 0 bridgehead atoms. The van der Waals surface area contributed by atoms with Crippen LogP contribution in [0.25, 0.3) is 10.8 Å². The summed E-state index contributed by atoms with van der Waals surface area (Å²) in [7, 11) is 0. The maximum absolute atomic E-state index is 14.8. The van der Waals surface area contributed by atoms with Gasteiger partial charge in [-0.05, 0) is 73.6 Å². The van der Waals surface area contributed by atoms with Gasteiger partial charge in [-0.15, -0.1) is 0 Å². The van der Waals surface area contributed by atoms with E-state index in [2.05, 4.69) is 6.92 Å². The monoisotopic (exact) mass is 358 g/mol. The van der Waals surface area contributed by atoms with Crippen LogP contribution in [0, 0.1) is 17.6 Å². The Morgan fingerprint density at radius 3 is 2.54 bits per heavy atom. The molecule has 0 saturated heterocycles. The van der Waals surface area contributed by atoms with Gasteiger partial charge in [0.15, 0.2) is 11.6 Å². The Hall–Kier alpha value is -1.90. The maximum Gasteiger partial charge on any atom is 0.167 e. The molecule has 1 saturated carbocycles. The highest BCUT2D eigenvalue weighted by Gasteiger charge is 2.26. The van der Waals surface area contributed by atoms with Crippen molar-refractivity contribution in [2.75, 3.05) is 6.61 Å². The van der Waals surface area contributed by atoms with E-state index in [1.807, 2.05) is 37.3 Å². The zero-order valence-electron chi connectivity index (χ0n) is 15.7. The third-order valence-corrected chi connectivity index (χ3v) is 5.58. The molecule has 0 spiro atoms. The van der Waals surface area contributed by atoms with Gasteiger partial charge in [-0.1, -0.05) is 38.0 Å². The summed E-state index contributed by atoms with van der Waals surface area (Å²) in [5.41, 5.74) is 0.549. The number of ether oxygens (including phenoxy) is 1. The summed E-state index contributed by atoms with van der Waals surface area (Å²) in [5, 5.41) is 1.04. The minimum atomic E-state index is -0.746. The Morgan fingerprint density at radius 2 is 1.85 bits per heavy atom. The summed E-state index contributed by atoms with van der Waals surface area (Å²) in [6.07, 6.45) is 10.4. The van der Waals surface area contributed by atoms with Crippen molar-refractivity contribution in [2.45, 2.75) is 58.3 Å². The largest absolute Gasteiger partial charge is 0.490 e. The van der Waals surface area contributed by atoms with E-state index in [0.29, 0.717) is 23.3 Å². The molecular weight excluding hydrogens is 330 g/mol. The van der Waals surface area contributed by atoms with Crippen LogP contribution in [0.15, 0.2) is 36.4 Å². The summed E-state index contributed by atoms with van der Waals surface area (Å²) >= 11 is 0. The molecule has 0 radical (unpaired) electrons. The average molecular weight is 358 g/mol. The topological polar surface area (TPSA) is 9.23 Å². The van der Waals surface area contributed by atoms with Crippen LogP contribution in [-0.2, 0) is 0 Å². The predicted octanol–water partition coefficient (Wildman–Crippen LogP) is 7.15. The fourth-order valence-corrected chi connectivity index (χ4v) is 4.12. The van der Waals surface area contributed by atoms with Gasteiger partial charge in [0.05, 0.1) is 0 Å². The molecule has 26 heavy (non-hydrogen) atoms. The molecule has 2 aromatic rings. The van der Waals surface area contributed by atoms with Gasteiger partial charge in [0.25, 0.3) is 0 Å². The standard InChI is InChI=1S/C23H28F2O/c1-3-5-13-26-19-12-11-18-14-20(22(24)23(25)21(18)15-19)17-9-7-16(6-4-2)8-10-17/h3,5,11-12,14-17H,4,6-10,13H2,1-2H3. The Kier molecular flexibility index (Phi) is 6.29. The first-order chi connectivity index (χ1) is 12.6. The first kappa shape index (κ1) is 18.9. The number of benzene rings is 2. The van der Waals surface area contributed by atoms with Crippen LogP contribution in [-0.4, -0.2) is 6.61 Å². The Bertz CT molecular complexity index is 773. The van der Waals surface area contributed by atoms with Gasteiger partial charge < -0.3 is 4.74 Å². The zero-order valence-corrected chi connectivity index (χ0v) is 15.7. The summed E-state index contributed by atoms with van der Waals surface area (Å²) in [5.74, 6) is 0.0163. The molecule has 1 aliphatic rings. The van der Waals surface area contributed by atoms with Gasteiger partial charge in [-0.25, -0.2) is 8.78 Å². The van der Waals surface area contributed by atoms with E-state index in [4.69, 9.17) is 4.74 Å². The lowest BCUT2D eigenvalue weighted by Crippen LogP contribution is -2.14. The molecule has 1 nitrogen and oxygen atoms in total. The van der Waals surface area contributed by atoms with Crippen molar-refractivity contribution >= 4 is 10.8 Å². The van der Waals surface area contributed by atoms with Crippen LogP contribution in [0.2, 0.25) is 0 Å². The van der Waals surface area contributed by atoms with Crippen molar-refractivity contribution in [3.63, 3.8) is 0 Å². The van der Waals surface area contributed by atoms with Crippen LogP contribution in [0.4, 0.5) is 8.78 Å². The second-order valence-electron chi connectivity index (χ2n) is 7.36. The van der Waals surface area contributed by atoms with Crippen molar-refractivity contribution in [1.29, 1.82) is 0 Å². The molecule has 1 aliphatic carbocycles. The SMILES string of the molecule is CC=CCOc1ccc2cc(C3CCC(CCC)CC3)c(F)c(F)c2c1. The van der Waals surface area contributed by atoms with Gasteiger partial charge in [0, 0.05) is 5.39 Å². The van der Waals surface area contributed by atoms with Crippen LogP contribution in [0.1, 0.15) is 63.9 Å². The normalized spacial score (nSPS) is 20.8. The lowest BCUT2D eigenvalue weighted by Gasteiger charge is -2.29. The quantitative estimate of drug-likeness (QED) is 0.498. The summed E-state index contributed by atoms with van der Waals surface area (Å²) in [4.78, 5) is 0. The molecule has 0 amide bonds. The van der Waals surface area contributed by atoms with Gasteiger partial charge in [-0.2, -0.15) is 0 Å². The Morgan fingerprint density at radius 1 is 1.08 bits per heavy atom. The summed E-state index contributed by atoms with van der Waals surface area (Å²) in [6.45, 7) is 4.54.